The SMILES string of the molecule is C/C=C/Cn1nc(C)c(N)c1C. The molecular weight excluding hydrogens is 150 g/mol. The van der Waals surface area contributed by atoms with E-state index >= 15 is 0 Å². The largest absolute Gasteiger partial charge is 0.396 e. The molecule has 0 aliphatic heterocycles. The third kappa shape index (κ3) is 1.49. The molecule has 1 aromatic rings. The van der Waals surface area contributed by atoms with Crippen LogP contribution in [0.2, 0.25) is 0 Å². The lowest BCUT2D eigenvalue weighted by atomic mass is 10.3. The lowest BCUT2D eigenvalue weighted by Gasteiger charge is -1.98. The Kier molecular flexibility index (Phi) is 2.53. The lowest BCUT2D eigenvalue weighted by molar-refractivity contribution is 0.672. The van der Waals surface area contributed by atoms with Gasteiger partial charge in [-0.2, -0.15) is 5.10 Å². The smallest absolute Gasteiger partial charge is 0.0826 e. The van der Waals surface area contributed by atoms with Crippen molar-refractivity contribution in [3.8, 4) is 0 Å². The van der Waals surface area contributed by atoms with Crippen LogP contribution in [0.25, 0.3) is 0 Å². The molecule has 0 aliphatic rings. The van der Waals surface area contributed by atoms with Crippen molar-refractivity contribution >= 4 is 5.69 Å². The minimum absolute atomic E-state index is 0.805. The summed E-state index contributed by atoms with van der Waals surface area (Å²) in [7, 11) is 0. The van der Waals surface area contributed by atoms with Crippen molar-refractivity contribution in [1.29, 1.82) is 0 Å². The Morgan fingerprint density at radius 1 is 1.50 bits per heavy atom. The fraction of sp³-hybridized carbons (Fsp3) is 0.444. The summed E-state index contributed by atoms with van der Waals surface area (Å²) in [5.41, 5.74) is 8.53. The van der Waals surface area contributed by atoms with E-state index in [1.807, 2.05) is 31.5 Å². The lowest BCUT2D eigenvalue weighted by Crippen LogP contribution is -2.00. The molecule has 1 heterocycles. The average Bonchev–Trinajstić information content (AvgIpc) is 2.30. The molecule has 12 heavy (non-hydrogen) atoms. The minimum atomic E-state index is 0.805. The zero-order chi connectivity index (χ0) is 9.14. The molecule has 0 fully saturated rings. The van der Waals surface area contributed by atoms with Gasteiger partial charge in [-0.15, -0.1) is 0 Å². The quantitative estimate of drug-likeness (QED) is 0.677. The zero-order valence-electron chi connectivity index (χ0n) is 7.83. The Hall–Kier alpha value is -1.25. The van der Waals surface area contributed by atoms with Gasteiger partial charge in [-0.1, -0.05) is 12.2 Å². The van der Waals surface area contributed by atoms with E-state index in [2.05, 4.69) is 11.2 Å². The van der Waals surface area contributed by atoms with Crippen molar-refractivity contribution in [2.24, 2.45) is 0 Å². The first-order valence-corrected chi connectivity index (χ1v) is 4.07. The summed E-state index contributed by atoms with van der Waals surface area (Å²) in [5, 5.41) is 4.29. The van der Waals surface area contributed by atoms with E-state index in [0.717, 1.165) is 23.6 Å². The highest BCUT2D eigenvalue weighted by molar-refractivity contribution is 5.46. The Balaban J connectivity index is 2.93. The fourth-order valence-electron chi connectivity index (χ4n) is 1.09. The third-order valence-corrected chi connectivity index (χ3v) is 1.95. The number of hydrogen-bond donors (Lipinski definition) is 1. The number of anilines is 1. The van der Waals surface area contributed by atoms with Gasteiger partial charge in [0.25, 0.3) is 0 Å². The van der Waals surface area contributed by atoms with Crippen molar-refractivity contribution in [2.75, 3.05) is 5.73 Å². The van der Waals surface area contributed by atoms with Gasteiger partial charge >= 0.3 is 0 Å². The molecule has 3 heteroatoms. The first kappa shape index (κ1) is 8.84. The van der Waals surface area contributed by atoms with Crippen LogP contribution in [0.4, 0.5) is 5.69 Å². The van der Waals surface area contributed by atoms with Gasteiger partial charge < -0.3 is 5.73 Å². The number of nitrogens with zero attached hydrogens (tertiary/aromatic N) is 2. The summed E-state index contributed by atoms with van der Waals surface area (Å²) in [6.45, 7) is 6.71. The van der Waals surface area contributed by atoms with Crippen molar-refractivity contribution in [3.63, 3.8) is 0 Å². The first-order chi connectivity index (χ1) is 5.66. The average molecular weight is 165 g/mol. The molecule has 2 N–H and O–H groups in total. The predicted octanol–water partition coefficient (Wildman–Crippen LogP) is 1.66. The van der Waals surface area contributed by atoms with Gasteiger partial charge in [0, 0.05) is 0 Å². The van der Waals surface area contributed by atoms with Gasteiger partial charge in [0.2, 0.25) is 0 Å². The molecule has 0 amide bonds. The minimum Gasteiger partial charge on any atom is -0.396 e. The molecule has 0 unspecified atom stereocenters. The number of hydrogen-bond acceptors (Lipinski definition) is 2. The van der Waals surface area contributed by atoms with E-state index in [4.69, 9.17) is 5.73 Å². The second kappa shape index (κ2) is 3.43. The molecule has 0 spiro atoms. The number of allylic oxidation sites excluding steroid dienone is 2. The third-order valence-electron chi connectivity index (χ3n) is 1.95. The number of aromatic nitrogens is 2. The van der Waals surface area contributed by atoms with Crippen molar-refractivity contribution in [1.82, 2.24) is 9.78 Å². The Morgan fingerprint density at radius 3 is 2.58 bits per heavy atom. The van der Waals surface area contributed by atoms with Crippen LogP contribution in [0.3, 0.4) is 0 Å². The van der Waals surface area contributed by atoms with E-state index in [9.17, 15) is 0 Å². The van der Waals surface area contributed by atoms with Gasteiger partial charge in [0.1, 0.15) is 0 Å². The van der Waals surface area contributed by atoms with Crippen LogP contribution in [0.1, 0.15) is 18.3 Å². The van der Waals surface area contributed by atoms with Crippen LogP contribution in [-0.4, -0.2) is 9.78 Å². The molecule has 1 aromatic heterocycles. The van der Waals surface area contributed by atoms with Gasteiger partial charge in [0.15, 0.2) is 0 Å². The van der Waals surface area contributed by atoms with Gasteiger partial charge in [-0.25, -0.2) is 0 Å². The summed E-state index contributed by atoms with van der Waals surface area (Å²) in [4.78, 5) is 0. The van der Waals surface area contributed by atoms with E-state index < -0.39 is 0 Å². The van der Waals surface area contributed by atoms with Crippen molar-refractivity contribution < 1.29 is 0 Å². The van der Waals surface area contributed by atoms with Crippen molar-refractivity contribution in [3.05, 3.63) is 23.5 Å². The highest BCUT2D eigenvalue weighted by Gasteiger charge is 2.05. The highest BCUT2D eigenvalue weighted by Crippen LogP contribution is 2.14. The maximum atomic E-state index is 5.77. The van der Waals surface area contributed by atoms with Crippen LogP contribution in [0.15, 0.2) is 12.2 Å². The summed E-state index contributed by atoms with van der Waals surface area (Å²) < 4.78 is 1.91. The van der Waals surface area contributed by atoms with E-state index in [1.54, 1.807) is 0 Å². The maximum absolute atomic E-state index is 5.77. The molecule has 0 saturated heterocycles. The molecule has 0 radical (unpaired) electrons. The summed E-state index contributed by atoms with van der Waals surface area (Å²) in [5.74, 6) is 0. The molecule has 0 atom stereocenters. The van der Waals surface area contributed by atoms with Crippen LogP contribution >= 0.6 is 0 Å². The van der Waals surface area contributed by atoms with Crippen LogP contribution < -0.4 is 5.73 Å². The molecule has 0 saturated carbocycles. The Labute approximate surface area is 72.9 Å². The molecule has 1 rings (SSSR count). The van der Waals surface area contributed by atoms with Crippen molar-refractivity contribution in [2.45, 2.75) is 27.3 Å². The molecule has 0 aromatic carbocycles. The van der Waals surface area contributed by atoms with E-state index in [1.165, 1.54) is 0 Å². The fourth-order valence-corrected chi connectivity index (χ4v) is 1.09. The molecule has 3 nitrogen and oxygen atoms in total. The normalized spacial score (nSPS) is 11.2. The topological polar surface area (TPSA) is 43.8 Å². The second-order valence-corrected chi connectivity index (χ2v) is 2.84. The summed E-state index contributed by atoms with van der Waals surface area (Å²) in [6.07, 6.45) is 4.06. The van der Waals surface area contributed by atoms with Gasteiger partial charge in [0.05, 0.1) is 23.6 Å². The predicted molar refractivity (Wildman–Crippen MR) is 50.9 cm³/mol. The Morgan fingerprint density at radius 2 is 2.17 bits per heavy atom. The number of aryl methyl sites for hydroxylation is 1. The van der Waals surface area contributed by atoms with E-state index in [-0.39, 0.29) is 0 Å². The highest BCUT2D eigenvalue weighted by atomic mass is 15.3. The summed E-state index contributed by atoms with van der Waals surface area (Å²) in [6, 6.07) is 0. The van der Waals surface area contributed by atoms with Crippen LogP contribution in [0.5, 0.6) is 0 Å². The number of rotatable bonds is 2. The van der Waals surface area contributed by atoms with Gasteiger partial charge in [-0.3, -0.25) is 4.68 Å². The van der Waals surface area contributed by atoms with Crippen LogP contribution in [-0.2, 0) is 6.54 Å². The van der Waals surface area contributed by atoms with Gasteiger partial charge in [-0.05, 0) is 20.8 Å². The Bertz CT molecular complexity index is 297. The number of nitrogen functional groups attached to an aromatic ring is 1. The second-order valence-electron chi connectivity index (χ2n) is 2.84. The first-order valence-electron chi connectivity index (χ1n) is 4.07. The zero-order valence-corrected chi connectivity index (χ0v) is 7.83. The molecule has 0 aliphatic carbocycles. The number of nitrogens with two attached hydrogens (primary N) is 1. The molecule has 0 bridgehead atoms. The molecular formula is C9H15N3. The van der Waals surface area contributed by atoms with Crippen LogP contribution in [0, 0.1) is 13.8 Å². The standard InChI is InChI=1S/C9H15N3/c1-4-5-6-12-8(3)9(10)7(2)11-12/h4-5H,6,10H2,1-3H3/b5-4+. The van der Waals surface area contributed by atoms with E-state index in [0.29, 0.717) is 0 Å². The monoisotopic (exact) mass is 165 g/mol. The molecule has 66 valence electrons. The maximum Gasteiger partial charge on any atom is 0.0826 e. The summed E-state index contributed by atoms with van der Waals surface area (Å²) >= 11 is 0.